The number of piperidine rings is 1. The summed E-state index contributed by atoms with van der Waals surface area (Å²) in [7, 11) is 3.45. The average molecular weight is 1270 g/mol. The zero-order valence-corrected chi connectivity index (χ0v) is 52.1. The van der Waals surface area contributed by atoms with Crippen LogP contribution in [0.25, 0.3) is 22.3 Å². The van der Waals surface area contributed by atoms with Gasteiger partial charge in [0.15, 0.2) is 5.65 Å². The SMILES string of the molecule is CN(C/C=C/C(=O)N1CCC[C@@H](n2nc(-c3ccc(Oc4ccccc4)cc3)c3c(N)ncnc32)C1)CCOCCOCCOCCOCCOCCOCCOCCOCCON(C)C(=O)N1N=C(c2cc(F)ccc2F)SC1(CCCN)c1ccccc1. The Morgan fingerprint density at radius 1 is 0.722 bits per heavy atom. The first-order valence-electron chi connectivity index (χ1n) is 30.3. The Balaban J connectivity index is 0.576. The molecule has 23 nitrogen and oxygen atoms in total. The Bertz CT molecular complexity index is 3180. The molecule has 4 heterocycles. The largest absolute Gasteiger partial charge is 0.457 e. The number of hydroxylamine groups is 2. The van der Waals surface area contributed by atoms with Gasteiger partial charge in [0.1, 0.15) is 50.9 Å². The molecule has 1 saturated heterocycles. The third-order valence-corrected chi connectivity index (χ3v) is 15.9. The maximum absolute atomic E-state index is 15.0. The van der Waals surface area contributed by atoms with Gasteiger partial charge in [0.05, 0.1) is 124 Å². The Morgan fingerprint density at radius 2 is 1.30 bits per heavy atom. The van der Waals surface area contributed by atoms with Crippen LogP contribution >= 0.6 is 11.8 Å². The summed E-state index contributed by atoms with van der Waals surface area (Å²) in [5.41, 5.74) is 15.2. The van der Waals surface area contributed by atoms with Crippen LogP contribution in [0.3, 0.4) is 0 Å². The van der Waals surface area contributed by atoms with Gasteiger partial charge in [0, 0.05) is 50.4 Å². The summed E-state index contributed by atoms with van der Waals surface area (Å²) in [5, 5.41) is 12.7. The molecule has 2 aliphatic rings. The van der Waals surface area contributed by atoms with E-state index in [9.17, 15) is 18.4 Å². The van der Waals surface area contributed by atoms with Gasteiger partial charge in [-0.05, 0) is 99.4 Å². The Hall–Kier alpha value is -7.05. The van der Waals surface area contributed by atoms with E-state index in [-0.39, 0.29) is 35.8 Å². The number of halogens is 2. The molecule has 0 bridgehead atoms. The van der Waals surface area contributed by atoms with Gasteiger partial charge in [-0.1, -0.05) is 66.4 Å². The van der Waals surface area contributed by atoms with Gasteiger partial charge >= 0.3 is 6.03 Å². The molecule has 3 amide bonds. The smallest absolute Gasteiger partial charge is 0.365 e. The summed E-state index contributed by atoms with van der Waals surface area (Å²) in [5.74, 6) is 0.473. The van der Waals surface area contributed by atoms with E-state index in [2.05, 4.69) is 20.0 Å². The zero-order valence-electron chi connectivity index (χ0n) is 51.3. The van der Waals surface area contributed by atoms with Crippen LogP contribution in [-0.4, -0.2) is 216 Å². The van der Waals surface area contributed by atoms with E-state index < -0.39 is 22.5 Å². The number of para-hydroxylation sites is 1. The lowest BCUT2D eigenvalue weighted by molar-refractivity contribution is -0.127. The van der Waals surface area contributed by atoms with Gasteiger partial charge in [0.2, 0.25) is 5.91 Å². The highest BCUT2D eigenvalue weighted by Crippen LogP contribution is 2.51. The van der Waals surface area contributed by atoms with Crippen LogP contribution in [0.2, 0.25) is 0 Å². The van der Waals surface area contributed by atoms with E-state index in [0.29, 0.717) is 173 Å². The molecule has 2 atom stereocenters. The number of aromatic nitrogens is 4. The molecule has 26 heteroatoms. The number of nitrogens with two attached hydrogens (primary N) is 2. The van der Waals surface area contributed by atoms with Crippen molar-refractivity contribution in [2.24, 2.45) is 10.8 Å². The number of anilines is 1. The van der Waals surface area contributed by atoms with E-state index in [1.165, 1.54) is 30.1 Å². The molecule has 0 spiro atoms. The topological polar surface area (TPSA) is 247 Å². The van der Waals surface area contributed by atoms with Crippen molar-refractivity contribution >= 4 is 45.6 Å². The maximum Gasteiger partial charge on any atom is 0.365 e. The molecular weight excluding hydrogens is 1180 g/mol. The molecule has 4 aromatic carbocycles. The first-order chi connectivity index (χ1) is 44.0. The number of likely N-dealkylation sites (tertiary alicyclic amines) is 1. The standard InChI is InChI=1S/C64H83F2N11O12S/c1-73(26-10-17-57(78)75-27-9-14-52(47-75)76-61-58(60(68)69-48-70-61)59(71-76)49-18-21-54(22-19-49)89-53-15-7-4-8-16-53)28-29-80-30-31-81-32-33-82-34-35-83-36-37-84-38-39-85-40-41-86-42-43-87-44-45-88-74(2)63(79)77-64(24-11-25-67,50-12-5-3-6-13-50)90-62(72-77)55-46-51(65)20-23-56(55)66/h3-8,10,12-13,15-23,46,48,52H,9,11,14,24-45,47,67H2,1-2H3,(H2,68,69,70)/b17-10+/t52-,64?/m1/s1. The molecule has 0 radical (unpaired) electrons. The van der Waals surface area contributed by atoms with Gasteiger partial charge in [-0.25, -0.2) is 33.3 Å². The number of thioether (sulfide) groups is 1. The summed E-state index contributed by atoms with van der Waals surface area (Å²) < 4.78 is 82.0. The van der Waals surface area contributed by atoms with Crippen molar-refractivity contribution in [1.82, 2.24) is 39.6 Å². The molecule has 2 aromatic heterocycles. The molecule has 486 valence electrons. The number of benzene rings is 4. The first kappa shape index (κ1) is 68.9. The minimum absolute atomic E-state index is 0.0434. The maximum atomic E-state index is 15.0. The molecule has 8 rings (SSSR count). The number of nitrogens with zero attached hydrogens (tertiary/aromatic N) is 9. The molecule has 1 unspecified atom stereocenters. The van der Waals surface area contributed by atoms with Crippen LogP contribution in [0.4, 0.5) is 19.4 Å². The van der Waals surface area contributed by atoms with Crippen molar-refractivity contribution in [2.45, 2.75) is 36.6 Å². The minimum Gasteiger partial charge on any atom is -0.457 e. The average Bonchev–Trinajstić information content (AvgIpc) is 1.60. The van der Waals surface area contributed by atoms with Crippen molar-refractivity contribution in [1.29, 1.82) is 0 Å². The Morgan fingerprint density at radius 3 is 1.91 bits per heavy atom. The quantitative estimate of drug-likeness (QED) is 0.0211. The number of likely N-dealkylation sites (N-methyl/N-ethyl adjacent to an activating group) is 1. The predicted molar refractivity (Wildman–Crippen MR) is 338 cm³/mol. The number of fused-ring (bicyclic) bond motifs is 1. The number of rotatable bonds is 40. The lowest BCUT2D eigenvalue weighted by atomic mass is 10.0. The summed E-state index contributed by atoms with van der Waals surface area (Å²) in [6.45, 7) is 9.35. The van der Waals surface area contributed by atoms with Crippen molar-refractivity contribution in [2.75, 3.05) is 165 Å². The van der Waals surface area contributed by atoms with E-state index in [1.54, 1.807) is 6.08 Å². The third-order valence-electron chi connectivity index (χ3n) is 14.4. The molecule has 0 saturated carbocycles. The second-order valence-corrected chi connectivity index (χ2v) is 22.2. The second-order valence-electron chi connectivity index (χ2n) is 20.9. The number of hydrazone groups is 1. The normalized spacial score (nSPS) is 16.0. The van der Waals surface area contributed by atoms with Crippen molar-refractivity contribution in [3.63, 3.8) is 0 Å². The van der Waals surface area contributed by atoms with E-state index in [0.717, 1.165) is 53.0 Å². The number of ether oxygens (including phenoxy) is 9. The van der Waals surface area contributed by atoms with E-state index >= 15 is 0 Å². The first-order valence-corrected chi connectivity index (χ1v) is 31.1. The molecule has 6 aromatic rings. The monoisotopic (exact) mass is 1270 g/mol. The lowest BCUT2D eigenvalue weighted by Gasteiger charge is -2.37. The number of carbonyl (C=O) groups excluding carboxylic acids is 2. The van der Waals surface area contributed by atoms with Crippen molar-refractivity contribution < 1.29 is 65.8 Å². The summed E-state index contributed by atoms with van der Waals surface area (Å²) in [6, 6.07) is 29.0. The van der Waals surface area contributed by atoms with Crippen LogP contribution < -0.4 is 16.2 Å². The highest BCUT2D eigenvalue weighted by atomic mass is 32.2. The summed E-state index contributed by atoms with van der Waals surface area (Å²) in [4.78, 5) is 44.7. The lowest BCUT2D eigenvalue weighted by Crippen LogP contribution is -2.47. The van der Waals surface area contributed by atoms with Crippen molar-refractivity contribution in [3.8, 4) is 22.8 Å². The van der Waals surface area contributed by atoms with Crippen LogP contribution in [0.15, 0.2) is 127 Å². The number of amides is 3. The Labute approximate surface area is 528 Å². The highest BCUT2D eigenvalue weighted by molar-refractivity contribution is 8.15. The summed E-state index contributed by atoms with van der Waals surface area (Å²) >= 11 is 1.17. The molecule has 90 heavy (non-hydrogen) atoms. The van der Waals surface area contributed by atoms with Gasteiger partial charge in [-0.3, -0.25) is 9.63 Å². The Kier molecular flexibility index (Phi) is 28.6. The van der Waals surface area contributed by atoms with Crippen LogP contribution in [0, 0.1) is 11.6 Å². The fourth-order valence-corrected chi connectivity index (χ4v) is 11.2. The van der Waals surface area contributed by atoms with Crippen LogP contribution in [-0.2, 0) is 52.4 Å². The number of urea groups is 1. The summed E-state index contributed by atoms with van der Waals surface area (Å²) in [6.07, 6.45) is 7.58. The molecule has 1 fully saturated rings. The van der Waals surface area contributed by atoms with Crippen molar-refractivity contribution in [3.05, 3.63) is 144 Å². The number of hydrogen-bond donors (Lipinski definition) is 2. The predicted octanol–water partition coefficient (Wildman–Crippen LogP) is 7.92. The minimum atomic E-state index is -1.09. The number of hydrogen-bond acceptors (Lipinski definition) is 20. The van der Waals surface area contributed by atoms with E-state index in [1.807, 2.05) is 108 Å². The number of nitrogen functional groups attached to an aromatic ring is 1. The van der Waals surface area contributed by atoms with E-state index in [4.69, 9.17) is 64.0 Å². The van der Waals surface area contributed by atoms with Gasteiger partial charge in [-0.15, -0.1) is 0 Å². The zero-order chi connectivity index (χ0) is 63.2. The van der Waals surface area contributed by atoms with Crippen LogP contribution in [0.1, 0.15) is 42.9 Å². The highest BCUT2D eigenvalue weighted by Gasteiger charge is 2.50. The molecular formula is C64H83F2N11O12S. The molecule has 4 N–H and O–H groups in total. The fraction of sp³-hybridized carbons (Fsp3) is 0.469. The second kappa shape index (κ2) is 37.3. The molecule has 0 aliphatic carbocycles. The van der Waals surface area contributed by atoms with Gasteiger partial charge in [0.25, 0.3) is 0 Å². The van der Waals surface area contributed by atoms with Gasteiger partial charge in [-0.2, -0.15) is 15.2 Å². The third kappa shape index (κ3) is 20.7. The molecule has 2 aliphatic heterocycles. The fourth-order valence-electron chi connectivity index (χ4n) is 9.81. The van der Waals surface area contributed by atoms with Gasteiger partial charge < -0.3 is 63.9 Å². The van der Waals surface area contributed by atoms with Crippen LogP contribution in [0.5, 0.6) is 11.5 Å². The number of carbonyl (C=O) groups is 2.